The minimum atomic E-state index is -3.70. The highest BCUT2D eigenvalue weighted by Gasteiger charge is 2.60. The van der Waals surface area contributed by atoms with Crippen molar-refractivity contribution in [2.45, 2.75) is 63.3 Å². The van der Waals surface area contributed by atoms with E-state index >= 15 is 0 Å². The number of amides is 1. The normalized spacial score (nSPS) is 29.0. The van der Waals surface area contributed by atoms with Crippen molar-refractivity contribution < 1.29 is 23.4 Å². The van der Waals surface area contributed by atoms with Crippen LogP contribution >= 0.6 is 0 Å². The molecule has 0 bridgehead atoms. The predicted octanol–water partition coefficient (Wildman–Crippen LogP) is 1.15. The number of carbonyl (C=O) groups is 1. The van der Waals surface area contributed by atoms with E-state index in [9.17, 15) is 18.7 Å². The monoisotopic (exact) mass is 320 g/mol. The molecule has 0 radical (unpaired) electrons. The molecule has 2 rings (SSSR count). The van der Waals surface area contributed by atoms with Crippen molar-refractivity contribution in [3.63, 3.8) is 0 Å². The smallest absolute Gasteiger partial charge is 0.352 e. The molecule has 2 aliphatic rings. The van der Waals surface area contributed by atoms with Crippen LogP contribution in [-0.4, -0.2) is 65.8 Å². The third kappa shape index (κ3) is 3.75. The highest BCUT2D eigenvalue weighted by Crippen LogP contribution is 2.44. The van der Waals surface area contributed by atoms with Crippen LogP contribution < -0.4 is 5.32 Å². The van der Waals surface area contributed by atoms with Crippen molar-refractivity contribution in [2.75, 3.05) is 26.2 Å². The average molecular weight is 320 g/mol. The molecule has 2 atom stereocenters. The fourth-order valence-electron chi connectivity index (χ4n) is 3.12. The number of hydrogen-bond donors (Lipinski definition) is 2. The molecule has 0 aromatic heterocycles. The molecule has 7 heteroatoms. The van der Waals surface area contributed by atoms with Gasteiger partial charge in [-0.25, -0.2) is 0 Å². The zero-order valence-corrected chi connectivity index (χ0v) is 13.3. The summed E-state index contributed by atoms with van der Waals surface area (Å²) in [5, 5.41) is 11.9. The van der Waals surface area contributed by atoms with Crippen molar-refractivity contribution in [1.29, 1.82) is 0 Å². The number of ether oxygens (including phenoxy) is 1. The zero-order valence-electron chi connectivity index (χ0n) is 13.3. The van der Waals surface area contributed by atoms with E-state index < -0.39 is 17.4 Å². The maximum absolute atomic E-state index is 13.8. The van der Waals surface area contributed by atoms with E-state index in [1.807, 2.05) is 13.8 Å². The molecule has 1 aliphatic heterocycles. The van der Waals surface area contributed by atoms with Gasteiger partial charge in [0, 0.05) is 26.2 Å². The molecule has 2 unspecified atom stereocenters. The highest BCUT2D eigenvalue weighted by atomic mass is 19.3. The summed E-state index contributed by atoms with van der Waals surface area (Å²) in [6, 6.07) is 0. The van der Waals surface area contributed by atoms with Gasteiger partial charge >= 0.3 is 5.92 Å². The number of morpholine rings is 1. The van der Waals surface area contributed by atoms with Gasteiger partial charge in [0.15, 0.2) is 0 Å². The number of carbonyl (C=O) groups excluding carboxylic acids is 1. The van der Waals surface area contributed by atoms with E-state index in [4.69, 9.17) is 4.74 Å². The van der Waals surface area contributed by atoms with Crippen LogP contribution in [0.25, 0.3) is 0 Å². The number of aliphatic hydroxyl groups is 1. The van der Waals surface area contributed by atoms with Gasteiger partial charge in [-0.2, -0.15) is 8.78 Å². The summed E-state index contributed by atoms with van der Waals surface area (Å²) in [4.78, 5) is 13.8. The van der Waals surface area contributed by atoms with Crippen LogP contribution in [0.3, 0.4) is 0 Å². The van der Waals surface area contributed by atoms with E-state index in [-0.39, 0.29) is 31.6 Å². The highest BCUT2D eigenvalue weighted by molar-refractivity contribution is 5.85. The summed E-state index contributed by atoms with van der Waals surface area (Å²) in [5.41, 5.74) is -2.15. The second-order valence-electron chi connectivity index (χ2n) is 6.59. The molecule has 0 aromatic rings. The molecular formula is C15H26F2N2O3. The van der Waals surface area contributed by atoms with Crippen LogP contribution in [0.4, 0.5) is 8.78 Å². The number of hydrogen-bond acceptors (Lipinski definition) is 4. The molecule has 1 saturated carbocycles. The third-order valence-corrected chi connectivity index (χ3v) is 4.48. The number of rotatable bonds is 6. The van der Waals surface area contributed by atoms with Crippen LogP contribution in [-0.2, 0) is 9.53 Å². The standard InChI is InChI=1S/C15H26F2N2O3/c1-11-9-19(10-12(2)22-11)8-4-7-18-13(20)15(16,17)14(21)5-3-6-14/h11-12,21H,3-10H2,1-2H3,(H,18,20). The summed E-state index contributed by atoms with van der Waals surface area (Å²) < 4.78 is 33.3. The second kappa shape index (κ2) is 6.76. The molecule has 1 amide bonds. The molecule has 5 nitrogen and oxygen atoms in total. The van der Waals surface area contributed by atoms with Crippen molar-refractivity contribution in [3.8, 4) is 0 Å². The molecular weight excluding hydrogens is 294 g/mol. The fraction of sp³-hybridized carbons (Fsp3) is 0.933. The number of alkyl halides is 2. The molecule has 1 heterocycles. The Bertz CT molecular complexity index is 392. The largest absolute Gasteiger partial charge is 0.383 e. The lowest BCUT2D eigenvalue weighted by atomic mass is 9.75. The summed E-state index contributed by atoms with van der Waals surface area (Å²) >= 11 is 0. The van der Waals surface area contributed by atoms with E-state index in [1.54, 1.807) is 0 Å². The first-order valence-electron chi connectivity index (χ1n) is 8.01. The van der Waals surface area contributed by atoms with Crippen molar-refractivity contribution in [3.05, 3.63) is 0 Å². The number of nitrogens with one attached hydrogen (secondary N) is 1. The van der Waals surface area contributed by atoms with Gasteiger partial charge in [-0.15, -0.1) is 0 Å². The SMILES string of the molecule is CC1CN(CCCNC(=O)C(F)(F)C2(O)CCC2)CC(C)O1. The van der Waals surface area contributed by atoms with Crippen LogP contribution in [0.2, 0.25) is 0 Å². The van der Waals surface area contributed by atoms with Crippen LogP contribution in [0.15, 0.2) is 0 Å². The van der Waals surface area contributed by atoms with Crippen molar-refractivity contribution in [2.24, 2.45) is 0 Å². The van der Waals surface area contributed by atoms with Crippen LogP contribution in [0.5, 0.6) is 0 Å². The molecule has 1 saturated heterocycles. The average Bonchev–Trinajstić information content (AvgIpc) is 2.39. The molecule has 22 heavy (non-hydrogen) atoms. The maximum atomic E-state index is 13.8. The molecule has 2 N–H and O–H groups in total. The maximum Gasteiger partial charge on any atom is 0.352 e. The van der Waals surface area contributed by atoms with E-state index in [2.05, 4.69) is 10.2 Å². The van der Waals surface area contributed by atoms with Gasteiger partial charge in [0.05, 0.1) is 12.2 Å². The molecule has 2 fully saturated rings. The first-order chi connectivity index (χ1) is 10.2. The van der Waals surface area contributed by atoms with Gasteiger partial charge in [0.2, 0.25) is 0 Å². The Labute approximate surface area is 130 Å². The fourth-order valence-corrected chi connectivity index (χ4v) is 3.12. The minimum Gasteiger partial charge on any atom is -0.383 e. The number of nitrogens with zero attached hydrogens (tertiary/aromatic N) is 1. The topological polar surface area (TPSA) is 61.8 Å². The quantitative estimate of drug-likeness (QED) is 0.721. The zero-order chi connectivity index (χ0) is 16.4. The Morgan fingerprint density at radius 3 is 2.45 bits per heavy atom. The summed E-state index contributed by atoms with van der Waals surface area (Å²) in [6.07, 6.45) is 1.42. The molecule has 0 spiro atoms. The van der Waals surface area contributed by atoms with Gasteiger partial charge in [-0.3, -0.25) is 9.69 Å². The van der Waals surface area contributed by atoms with E-state index in [1.165, 1.54) is 0 Å². The molecule has 0 aromatic carbocycles. The lowest BCUT2D eigenvalue weighted by molar-refractivity contribution is -0.215. The summed E-state index contributed by atoms with van der Waals surface area (Å²) in [5.74, 6) is -5.06. The van der Waals surface area contributed by atoms with Crippen LogP contribution in [0.1, 0.15) is 39.5 Å². The third-order valence-electron chi connectivity index (χ3n) is 4.48. The van der Waals surface area contributed by atoms with E-state index in [0.717, 1.165) is 19.6 Å². The van der Waals surface area contributed by atoms with Gasteiger partial charge in [0.1, 0.15) is 5.60 Å². The molecule has 128 valence electrons. The number of halogens is 2. The Balaban J connectivity index is 1.69. The second-order valence-corrected chi connectivity index (χ2v) is 6.59. The van der Waals surface area contributed by atoms with Crippen molar-refractivity contribution >= 4 is 5.91 Å². The Hall–Kier alpha value is -0.790. The molecule has 1 aliphatic carbocycles. The van der Waals surface area contributed by atoms with Gasteiger partial charge in [-0.1, -0.05) is 0 Å². The predicted molar refractivity (Wildman–Crippen MR) is 77.8 cm³/mol. The Kier molecular flexibility index (Phi) is 5.40. The summed E-state index contributed by atoms with van der Waals surface area (Å²) in [6.45, 7) is 6.55. The van der Waals surface area contributed by atoms with E-state index in [0.29, 0.717) is 12.8 Å². The first-order valence-corrected chi connectivity index (χ1v) is 8.01. The van der Waals surface area contributed by atoms with Crippen LogP contribution in [0, 0.1) is 0 Å². The first kappa shape index (κ1) is 17.6. The van der Waals surface area contributed by atoms with Gasteiger partial charge in [0.25, 0.3) is 5.91 Å². The lowest BCUT2D eigenvalue weighted by Gasteiger charge is -2.41. The lowest BCUT2D eigenvalue weighted by Crippen LogP contribution is -2.60. The van der Waals surface area contributed by atoms with Gasteiger partial charge in [-0.05, 0) is 39.5 Å². The van der Waals surface area contributed by atoms with Crippen molar-refractivity contribution in [1.82, 2.24) is 10.2 Å². The Morgan fingerprint density at radius 1 is 1.36 bits per heavy atom. The minimum absolute atomic E-state index is 0.0169. The summed E-state index contributed by atoms with van der Waals surface area (Å²) in [7, 11) is 0. The Morgan fingerprint density at radius 2 is 1.95 bits per heavy atom. The van der Waals surface area contributed by atoms with Gasteiger partial charge < -0.3 is 15.2 Å².